The van der Waals surface area contributed by atoms with Gasteiger partial charge >= 0.3 is 0 Å². The Morgan fingerprint density at radius 2 is 2.23 bits per heavy atom. The van der Waals surface area contributed by atoms with E-state index < -0.39 is 0 Å². The summed E-state index contributed by atoms with van der Waals surface area (Å²) in [6.07, 6.45) is 0.508. The van der Waals surface area contributed by atoms with Gasteiger partial charge in [0.15, 0.2) is 0 Å². The first kappa shape index (κ1) is 8.72. The van der Waals surface area contributed by atoms with Crippen LogP contribution in [0.2, 0.25) is 0 Å². The highest BCUT2D eigenvalue weighted by Gasteiger charge is 2.28. The monoisotopic (exact) mass is 181 g/mol. The molecule has 0 aliphatic carbocycles. The van der Waals surface area contributed by atoms with E-state index in [-0.39, 0.29) is 12.1 Å². The minimum Gasteiger partial charge on any atom is -0.391 e. The predicted octanol–water partition coefficient (Wildman–Crippen LogP) is 0.422. The zero-order valence-electron chi connectivity index (χ0n) is 7.96. The average molecular weight is 181 g/mol. The summed E-state index contributed by atoms with van der Waals surface area (Å²) in [5.41, 5.74) is 2.09. The maximum Gasteiger partial charge on any atom is 0.126 e. The van der Waals surface area contributed by atoms with E-state index in [9.17, 15) is 5.11 Å². The Morgan fingerprint density at radius 3 is 2.69 bits per heavy atom. The van der Waals surface area contributed by atoms with Crippen LogP contribution < -0.4 is 5.32 Å². The Labute approximate surface area is 77.4 Å². The summed E-state index contributed by atoms with van der Waals surface area (Å²) in [4.78, 5) is 7.55. The second-order valence-electron chi connectivity index (χ2n) is 3.62. The van der Waals surface area contributed by atoms with Gasteiger partial charge in [-0.3, -0.25) is 0 Å². The summed E-state index contributed by atoms with van der Waals surface area (Å²) >= 11 is 0. The van der Waals surface area contributed by atoms with Gasteiger partial charge in [0, 0.05) is 5.69 Å². The van der Waals surface area contributed by atoms with Gasteiger partial charge in [-0.1, -0.05) is 0 Å². The van der Waals surface area contributed by atoms with E-state index in [0.717, 1.165) is 30.2 Å². The van der Waals surface area contributed by atoms with E-state index in [1.165, 1.54) is 0 Å². The first-order chi connectivity index (χ1) is 6.18. The van der Waals surface area contributed by atoms with Crippen LogP contribution in [-0.2, 0) is 0 Å². The fourth-order valence-corrected chi connectivity index (χ4v) is 1.69. The topological polar surface area (TPSA) is 60.9 Å². The van der Waals surface area contributed by atoms with Gasteiger partial charge in [-0.25, -0.2) is 4.98 Å². The van der Waals surface area contributed by atoms with Crippen molar-refractivity contribution in [1.82, 2.24) is 15.3 Å². The second-order valence-corrected chi connectivity index (χ2v) is 3.62. The molecule has 0 amide bonds. The number of nitrogens with zero attached hydrogens (tertiary/aromatic N) is 1. The largest absolute Gasteiger partial charge is 0.391 e. The third-order valence-electron chi connectivity index (χ3n) is 2.63. The maximum absolute atomic E-state index is 9.62. The predicted molar refractivity (Wildman–Crippen MR) is 49.4 cm³/mol. The summed E-state index contributed by atoms with van der Waals surface area (Å²) < 4.78 is 0. The molecule has 13 heavy (non-hydrogen) atoms. The number of aromatic nitrogens is 2. The number of nitrogens with one attached hydrogen (secondary N) is 2. The molecular formula is C9H15N3O. The molecule has 1 aromatic heterocycles. The molecule has 2 rings (SSSR count). The third-order valence-corrected chi connectivity index (χ3v) is 2.63. The first-order valence-electron chi connectivity index (χ1n) is 4.63. The van der Waals surface area contributed by atoms with Crippen molar-refractivity contribution in [3.63, 3.8) is 0 Å². The van der Waals surface area contributed by atoms with Crippen LogP contribution in [0.25, 0.3) is 0 Å². The Kier molecular flexibility index (Phi) is 2.09. The number of rotatable bonds is 1. The number of aliphatic hydroxyl groups is 1. The molecule has 3 N–H and O–H groups in total. The number of hydrogen-bond donors (Lipinski definition) is 3. The molecule has 72 valence electrons. The highest BCUT2D eigenvalue weighted by Crippen LogP contribution is 2.21. The summed E-state index contributed by atoms with van der Waals surface area (Å²) in [6, 6.07) is -0.00704. The van der Waals surface area contributed by atoms with Crippen molar-refractivity contribution in [2.24, 2.45) is 0 Å². The Bertz CT molecular complexity index is 288. The van der Waals surface area contributed by atoms with E-state index in [2.05, 4.69) is 15.3 Å². The van der Waals surface area contributed by atoms with E-state index >= 15 is 0 Å². The lowest BCUT2D eigenvalue weighted by Crippen LogP contribution is -2.22. The SMILES string of the molecule is Cc1nc(C2NCCC2O)[nH]c1C. The van der Waals surface area contributed by atoms with Crippen molar-refractivity contribution >= 4 is 0 Å². The van der Waals surface area contributed by atoms with E-state index in [0.29, 0.717) is 0 Å². The van der Waals surface area contributed by atoms with Crippen molar-refractivity contribution in [2.45, 2.75) is 32.4 Å². The molecule has 4 heteroatoms. The zero-order chi connectivity index (χ0) is 9.42. The minimum absolute atomic E-state index is 0.00704. The first-order valence-corrected chi connectivity index (χ1v) is 4.63. The smallest absolute Gasteiger partial charge is 0.126 e. The van der Waals surface area contributed by atoms with Gasteiger partial charge in [0.05, 0.1) is 17.8 Å². The van der Waals surface area contributed by atoms with Gasteiger partial charge < -0.3 is 15.4 Å². The fraction of sp³-hybridized carbons (Fsp3) is 0.667. The molecule has 2 atom stereocenters. The van der Waals surface area contributed by atoms with Crippen molar-refractivity contribution < 1.29 is 5.11 Å². The van der Waals surface area contributed by atoms with Crippen molar-refractivity contribution in [2.75, 3.05) is 6.54 Å². The normalized spacial score (nSPS) is 28.2. The molecule has 4 nitrogen and oxygen atoms in total. The molecule has 0 radical (unpaired) electrons. The van der Waals surface area contributed by atoms with Gasteiger partial charge in [0.2, 0.25) is 0 Å². The molecule has 0 bridgehead atoms. The number of aryl methyl sites for hydroxylation is 2. The summed E-state index contributed by atoms with van der Waals surface area (Å²) in [5, 5.41) is 12.8. The summed E-state index contributed by atoms with van der Waals surface area (Å²) in [5.74, 6) is 0.861. The van der Waals surface area contributed by atoms with Crippen LogP contribution in [0.1, 0.15) is 29.7 Å². The summed E-state index contributed by atoms with van der Waals surface area (Å²) in [6.45, 7) is 4.83. The summed E-state index contributed by atoms with van der Waals surface area (Å²) in [7, 11) is 0. The van der Waals surface area contributed by atoms with Gasteiger partial charge in [0.25, 0.3) is 0 Å². The molecular weight excluding hydrogens is 166 g/mol. The molecule has 1 fully saturated rings. The van der Waals surface area contributed by atoms with Crippen LogP contribution in [0.5, 0.6) is 0 Å². The number of H-pyrrole nitrogens is 1. The lowest BCUT2D eigenvalue weighted by molar-refractivity contribution is 0.157. The lowest BCUT2D eigenvalue weighted by Gasteiger charge is -2.10. The van der Waals surface area contributed by atoms with E-state index in [1.807, 2.05) is 13.8 Å². The molecule has 0 aromatic carbocycles. The quantitative estimate of drug-likeness (QED) is 0.588. The molecule has 2 unspecified atom stereocenters. The van der Waals surface area contributed by atoms with Gasteiger partial charge in [-0.05, 0) is 26.8 Å². The molecule has 2 heterocycles. The van der Waals surface area contributed by atoms with Crippen LogP contribution in [-0.4, -0.2) is 27.7 Å². The van der Waals surface area contributed by atoms with Gasteiger partial charge in [-0.15, -0.1) is 0 Å². The Balaban J connectivity index is 2.24. The minimum atomic E-state index is -0.301. The van der Waals surface area contributed by atoms with Crippen molar-refractivity contribution in [1.29, 1.82) is 0 Å². The number of hydrogen-bond acceptors (Lipinski definition) is 3. The third kappa shape index (κ3) is 1.47. The zero-order valence-corrected chi connectivity index (χ0v) is 7.96. The molecule has 1 aliphatic heterocycles. The van der Waals surface area contributed by atoms with Crippen molar-refractivity contribution in [3.8, 4) is 0 Å². The molecule has 1 aromatic rings. The second kappa shape index (κ2) is 3.12. The maximum atomic E-state index is 9.62. The van der Waals surface area contributed by atoms with E-state index in [4.69, 9.17) is 0 Å². The fourth-order valence-electron chi connectivity index (χ4n) is 1.69. The van der Waals surface area contributed by atoms with Gasteiger partial charge in [0.1, 0.15) is 5.82 Å². The standard InChI is InChI=1S/C9H15N3O/c1-5-6(2)12-9(11-5)8-7(13)3-4-10-8/h7-8,10,13H,3-4H2,1-2H3,(H,11,12). The number of aliphatic hydroxyl groups excluding tert-OH is 1. The van der Waals surface area contributed by atoms with Crippen LogP contribution in [0.3, 0.4) is 0 Å². The Hall–Kier alpha value is -0.870. The molecule has 1 aliphatic rings. The van der Waals surface area contributed by atoms with Crippen LogP contribution in [0, 0.1) is 13.8 Å². The number of imidazole rings is 1. The van der Waals surface area contributed by atoms with Crippen LogP contribution >= 0.6 is 0 Å². The van der Waals surface area contributed by atoms with Gasteiger partial charge in [-0.2, -0.15) is 0 Å². The van der Waals surface area contributed by atoms with E-state index in [1.54, 1.807) is 0 Å². The highest BCUT2D eigenvalue weighted by molar-refractivity contribution is 5.14. The molecule has 0 saturated carbocycles. The molecule has 1 saturated heterocycles. The Morgan fingerprint density at radius 1 is 1.46 bits per heavy atom. The molecule has 0 spiro atoms. The highest BCUT2D eigenvalue weighted by atomic mass is 16.3. The lowest BCUT2D eigenvalue weighted by atomic mass is 10.2. The number of aromatic amines is 1. The van der Waals surface area contributed by atoms with Crippen molar-refractivity contribution in [3.05, 3.63) is 17.2 Å². The van der Waals surface area contributed by atoms with Crippen LogP contribution in [0.15, 0.2) is 0 Å². The van der Waals surface area contributed by atoms with Crippen LogP contribution in [0.4, 0.5) is 0 Å². The average Bonchev–Trinajstić information content (AvgIpc) is 2.60.